The standard InChI is InChI=1S/C14H21N7O3/c1-18-4-6-21(7-5-18)8-9-24-13-15-10-11(16-17-13)19(2)14(23)20(3)12(10)22/h4-9H2,1-3H3. The summed E-state index contributed by atoms with van der Waals surface area (Å²) in [5.41, 5.74) is -0.752. The molecule has 2 aromatic heterocycles. The molecule has 24 heavy (non-hydrogen) atoms. The topological polar surface area (TPSA) is 98.4 Å². The number of rotatable bonds is 4. The summed E-state index contributed by atoms with van der Waals surface area (Å²) in [6.07, 6.45) is 0. The van der Waals surface area contributed by atoms with Crippen LogP contribution in [-0.2, 0) is 14.1 Å². The number of hydrogen-bond acceptors (Lipinski definition) is 8. The number of ether oxygens (including phenoxy) is 1. The number of aryl methyl sites for hydroxylation is 1. The molecule has 1 aliphatic heterocycles. The van der Waals surface area contributed by atoms with Crippen molar-refractivity contribution in [2.45, 2.75) is 0 Å². The maximum Gasteiger partial charge on any atom is 0.336 e. The summed E-state index contributed by atoms with van der Waals surface area (Å²) >= 11 is 0. The first-order valence-corrected chi connectivity index (χ1v) is 7.81. The van der Waals surface area contributed by atoms with Crippen LogP contribution in [0.15, 0.2) is 9.59 Å². The highest BCUT2D eigenvalue weighted by Gasteiger charge is 2.15. The predicted molar refractivity (Wildman–Crippen MR) is 87.2 cm³/mol. The first kappa shape index (κ1) is 16.5. The maximum absolute atomic E-state index is 12.2. The average Bonchev–Trinajstić information content (AvgIpc) is 2.59. The van der Waals surface area contributed by atoms with E-state index in [2.05, 4.69) is 32.0 Å². The third-order valence-electron chi connectivity index (χ3n) is 4.28. The van der Waals surface area contributed by atoms with Gasteiger partial charge in [0.2, 0.25) is 0 Å². The van der Waals surface area contributed by atoms with Crippen molar-refractivity contribution in [1.29, 1.82) is 0 Å². The first-order valence-electron chi connectivity index (χ1n) is 7.81. The van der Waals surface area contributed by atoms with Crippen molar-refractivity contribution in [2.75, 3.05) is 46.4 Å². The van der Waals surface area contributed by atoms with Crippen LogP contribution in [0.1, 0.15) is 0 Å². The Morgan fingerprint density at radius 3 is 2.42 bits per heavy atom. The monoisotopic (exact) mass is 335 g/mol. The van der Waals surface area contributed by atoms with Crippen LogP contribution in [-0.4, -0.2) is 80.5 Å². The fourth-order valence-corrected chi connectivity index (χ4v) is 2.63. The molecule has 10 heteroatoms. The van der Waals surface area contributed by atoms with Gasteiger partial charge in [-0.2, -0.15) is 4.98 Å². The van der Waals surface area contributed by atoms with Crippen molar-refractivity contribution >= 4 is 11.2 Å². The Hall–Kier alpha value is -2.33. The largest absolute Gasteiger partial charge is 0.461 e. The van der Waals surface area contributed by atoms with E-state index in [0.29, 0.717) is 6.61 Å². The van der Waals surface area contributed by atoms with Crippen LogP contribution in [0.4, 0.5) is 0 Å². The highest BCUT2D eigenvalue weighted by molar-refractivity contribution is 5.67. The van der Waals surface area contributed by atoms with Gasteiger partial charge >= 0.3 is 11.7 Å². The predicted octanol–water partition coefficient (Wildman–Crippen LogP) is -1.95. The third-order valence-corrected chi connectivity index (χ3v) is 4.28. The van der Waals surface area contributed by atoms with Crippen molar-refractivity contribution in [3.8, 4) is 6.01 Å². The minimum Gasteiger partial charge on any atom is -0.461 e. The smallest absolute Gasteiger partial charge is 0.336 e. The van der Waals surface area contributed by atoms with Gasteiger partial charge in [-0.1, -0.05) is 5.10 Å². The number of nitrogens with zero attached hydrogens (tertiary/aromatic N) is 7. The number of aromatic nitrogens is 5. The molecule has 0 aliphatic carbocycles. The summed E-state index contributed by atoms with van der Waals surface area (Å²) in [6, 6.07) is 0.0485. The Kier molecular flexibility index (Phi) is 4.58. The summed E-state index contributed by atoms with van der Waals surface area (Å²) in [5, 5.41) is 7.77. The van der Waals surface area contributed by atoms with Crippen molar-refractivity contribution in [1.82, 2.24) is 34.1 Å². The Bertz CT molecular complexity index is 852. The summed E-state index contributed by atoms with van der Waals surface area (Å²) in [6.45, 7) is 5.26. The normalized spacial score (nSPS) is 16.6. The minimum atomic E-state index is -0.507. The van der Waals surface area contributed by atoms with E-state index in [1.165, 1.54) is 18.7 Å². The summed E-state index contributed by atoms with van der Waals surface area (Å²) < 4.78 is 7.77. The molecule has 0 saturated carbocycles. The zero-order valence-electron chi connectivity index (χ0n) is 14.1. The highest BCUT2D eigenvalue weighted by atomic mass is 16.5. The second-order valence-corrected chi connectivity index (χ2v) is 5.97. The van der Waals surface area contributed by atoms with Crippen LogP contribution in [0.5, 0.6) is 6.01 Å². The number of piperazine rings is 1. The molecular formula is C14H21N7O3. The van der Waals surface area contributed by atoms with Gasteiger partial charge in [-0.25, -0.2) is 4.79 Å². The molecule has 1 aliphatic rings. The molecule has 130 valence electrons. The molecule has 0 amide bonds. The van der Waals surface area contributed by atoms with Gasteiger partial charge in [0.15, 0.2) is 11.2 Å². The van der Waals surface area contributed by atoms with Crippen LogP contribution in [0.25, 0.3) is 11.2 Å². The summed E-state index contributed by atoms with van der Waals surface area (Å²) in [4.78, 5) is 32.7. The molecule has 0 atom stereocenters. The van der Waals surface area contributed by atoms with Gasteiger partial charge in [0.25, 0.3) is 5.56 Å². The van der Waals surface area contributed by atoms with E-state index in [4.69, 9.17) is 4.74 Å². The second-order valence-electron chi connectivity index (χ2n) is 5.97. The summed E-state index contributed by atoms with van der Waals surface area (Å²) in [5.74, 6) is 0. The maximum atomic E-state index is 12.2. The molecule has 2 aromatic rings. The summed E-state index contributed by atoms with van der Waals surface area (Å²) in [7, 11) is 5.03. The Morgan fingerprint density at radius 1 is 1.00 bits per heavy atom. The Morgan fingerprint density at radius 2 is 1.71 bits per heavy atom. The van der Waals surface area contributed by atoms with Crippen LogP contribution >= 0.6 is 0 Å². The second kappa shape index (κ2) is 6.65. The lowest BCUT2D eigenvalue weighted by Gasteiger charge is -2.31. The van der Waals surface area contributed by atoms with Crippen molar-refractivity contribution in [2.24, 2.45) is 14.1 Å². The van der Waals surface area contributed by atoms with E-state index < -0.39 is 11.2 Å². The van der Waals surface area contributed by atoms with Crippen molar-refractivity contribution < 1.29 is 4.74 Å². The zero-order valence-corrected chi connectivity index (χ0v) is 14.1. The van der Waals surface area contributed by atoms with E-state index in [1.807, 2.05) is 0 Å². The quantitative estimate of drug-likeness (QED) is 0.636. The van der Waals surface area contributed by atoms with Crippen LogP contribution in [0.3, 0.4) is 0 Å². The van der Waals surface area contributed by atoms with Gasteiger partial charge in [0.1, 0.15) is 6.61 Å². The SMILES string of the molecule is CN1CCN(CCOc2nnc3c(n2)c(=O)n(C)c(=O)n3C)CC1. The van der Waals surface area contributed by atoms with Gasteiger partial charge in [-0.3, -0.25) is 18.8 Å². The van der Waals surface area contributed by atoms with E-state index in [-0.39, 0.29) is 17.2 Å². The lowest BCUT2D eigenvalue weighted by atomic mass is 10.3. The van der Waals surface area contributed by atoms with E-state index >= 15 is 0 Å². The molecule has 10 nitrogen and oxygen atoms in total. The zero-order chi connectivity index (χ0) is 17.3. The lowest BCUT2D eigenvalue weighted by Crippen LogP contribution is -2.45. The highest BCUT2D eigenvalue weighted by Crippen LogP contribution is 2.05. The van der Waals surface area contributed by atoms with Crippen LogP contribution in [0.2, 0.25) is 0 Å². The Balaban J connectivity index is 1.72. The van der Waals surface area contributed by atoms with Crippen LogP contribution in [0, 0.1) is 0 Å². The molecule has 0 N–H and O–H groups in total. The van der Waals surface area contributed by atoms with E-state index in [0.717, 1.165) is 37.3 Å². The molecule has 0 aromatic carbocycles. The molecular weight excluding hydrogens is 314 g/mol. The van der Waals surface area contributed by atoms with Gasteiger partial charge in [-0.15, -0.1) is 5.10 Å². The molecule has 0 unspecified atom stereocenters. The molecule has 3 heterocycles. The molecule has 0 spiro atoms. The molecule has 0 bridgehead atoms. The van der Waals surface area contributed by atoms with Gasteiger partial charge < -0.3 is 9.64 Å². The third kappa shape index (κ3) is 3.15. The first-order chi connectivity index (χ1) is 11.5. The molecule has 0 radical (unpaired) electrons. The van der Waals surface area contributed by atoms with Gasteiger partial charge in [-0.05, 0) is 7.05 Å². The lowest BCUT2D eigenvalue weighted by molar-refractivity contribution is 0.131. The minimum absolute atomic E-state index is 0.0485. The number of fused-ring (bicyclic) bond motifs is 1. The molecule has 3 rings (SSSR count). The average molecular weight is 335 g/mol. The number of likely N-dealkylation sites (N-methyl/N-ethyl adjacent to an activating group) is 1. The molecule has 1 saturated heterocycles. The number of hydrogen-bond donors (Lipinski definition) is 0. The molecule has 1 fully saturated rings. The van der Waals surface area contributed by atoms with Gasteiger partial charge in [0.05, 0.1) is 0 Å². The fraction of sp³-hybridized carbons (Fsp3) is 0.643. The van der Waals surface area contributed by atoms with Gasteiger partial charge in [0, 0.05) is 46.8 Å². The van der Waals surface area contributed by atoms with Crippen LogP contribution < -0.4 is 16.0 Å². The Labute approximate surface area is 138 Å². The van der Waals surface area contributed by atoms with E-state index in [1.54, 1.807) is 0 Å². The van der Waals surface area contributed by atoms with E-state index in [9.17, 15) is 9.59 Å². The fourth-order valence-electron chi connectivity index (χ4n) is 2.63. The van der Waals surface area contributed by atoms with Crippen molar-refractivity contribution in [3.63, 3.8) is 0 Å². The van der Waals surface area contributed by atoms with Crippen molar-refractivity contribution in [3.05, 3.63) is 20.8 Å².